The summed E-state index contributed by atoms with van der Waals surface area (Å²) in [5, 5.41) is 5.62. The van der Waals surface area contributed by atoms with Gasteiger partial charge in [-0.1, -0.05) is 36.4 Å². The molecule has 2 aromatic carbocycles. The van der Waals surface area contributed by atoms with Crippen LogP contribution in [0, 0.1) is 0 Å². The smallest absolute Gasteiger partial charge is 0.374 e. The van der Waals surface area contributed by atoms with Gasteiger partial charge in [0.15, 0.2) is 15.0 Å². The van der Waals surface area contributed by atoms with Gasteiger partial charge in [-0.25, -0.2) is 18.2 Å². The number of carbonyl (C=O) groups excluding carboxylic acids is 1. The highest BCUT2D eigenvalue weighted by Gasteiger charge is 2.23. The number of benzene rings is 2. The molecular weight excluding hydrogens is 436 g/mol. The topological polar surface area (TPSA) is 98.5 Å². The SMILES string of the molecule is O=C(OCc1csc(Nc2ccccc2)n1)c1occc1CS(=O)(=O)c1ccccc1. The molecule has 4 rings (SSSR count). The summed E-state index contributed by atoms with van der Waals surface area (Å²) < 4.78 is 35.7. The molecule has 2 heterocycles. The number of nitrogens with zero attached hydrogens (tertiary/aromatic N) is 1. The van der Waals surface area contributed by atoms with Gasteiger partial charge in [-0.15, -0.1) is 11.3 Å². The number of hydrogen-bond acceptors (Lipinski definition) is 8. The van der Waals surface area contributed by atoms with Crippen LogP contribution in [-0.2, 0) is 26.9 Å². The van der Waals surface area contributed by atoms with Crippen LogP contribution >= 0.6 is 11.3 Å². The Morgan fingerprint density at radius 1 is 1.03 bits per heavy atom. The minimum absolute atomic E-state index is 0.0582. The molecule has 0 saturated heterocycles. The summed E-state index contributed by atoms with van der Waals surface area (Å²) in [4.78, 5) is 17.0. The largest absolute Gasteiger partial charge is 0.457 e. The van der Waals surface area contributed by atoms with Crippen molar-refractivity contribution in [3.05, 3.63) is 95.4 Å². The first kappa shape index (κ1) is 20.8. The zero-order valence-corrected chi connectivity index (χ0v) is 17.9. The van der Waals surface area contributed by atoms with Crippen molar-refractivity contribution in [2.45, 2.75) is 17.3 Å². The van der Waals surface area contributed by atoms with E-state index in [4.69, 9.17) is 9.15 Å². The number of aromatic nitrogens is 1. The first-order valence-corrected chi connectivity index (χ1v) is 11.8. The Balaban J connectivity index is 1.39. The summed E-state index contributed by atoms with van der Waals surface area (Å²) in [6.07, 6.45) is 1.27. The lowest BCUT2D eigenvalue weighted by Crippen LogP contribution is -2.10. The fourth-order valence-electron chi connectivity index (χ4n) is 2.82. The third-order valence-electron chi connectivity index (χ3n) is 4.31. The van der Waals surface area contributed by atoms with Crippen LogP contribution < -0.4 is 5.32 Å². The molecule has 7 nitrogen and oxygen atoms in total. The molecular formula is C22H18N2O5S2. The Morgan fingerprint density at radius 3 is 2.48 bits per heavy atom. The molecule has 1 N–H and O–H groups in total. The van der Waals surface area contributed by atoms with Crippen LogP contribution in [0.3, 0.4) is 0 Å². The van der Waals surface area contributed by atoms with Crippen molar-refractivity contribution in [2.24, 2.45) is 0 Å². The molecule has 0 aliphatic rings. The fourth-order valence-corrected chi connectivity index (χ4v) is 4.92. The van der Waals surface area contributed by atoms with E-state index in [2.05, 4.69) is 10.3 Å². The second-order valence-corrected chi connectivity index (χ2v) is 9.41. The Kier molecular flexibility index (Phi) is 6.15. The standard InChI is InChI=1S/C22H18N2O5S2/c25-21(29-13-18-14-30-22(24-18)23-17-7-3-1-4-8-17)20-16(11-12-28-20)15-31(26,27)19-9-5-2-6-10-19/h1-12,14H,13,15H2,(H,23,24). The van der Waals surface area contributed by atoms with Crippen molar-refractivity contribution in [1.82, 2.24) is 4.98 Å². The maximum absolute atomic E-state index is 12.6. The zero-order chi connectivity index (χ0) is 21.7. The Labute approximate surface area is 183 Å². The van der Waals surface area contributed by atoms with Crippen LogP contribution in [-0.4, -0.2) is 19.4 Å². The highest BCUT2D eigenvalue weighted by atomic mass is 32.2. The second kappa shape index (κ2) is 9.15. The molecule has 0 atom stereocenters. The van der Waals surface area contributed by atoms with Gasteiger partial charge in [-0.2, -0.15) is 0 Å². The molecule has 9 heteroatoms. The van der Waals surface area contributed by atoms with E-state index in [0.717, 1.165) is 5.69 Å². The lowest BCUT2D eigenvalue weighted by molar-refractivity contribution is 0.0430. The van der Waals surface area contributed by atoms with Crippen molar-refractivity contribution in [3.63, 3.8) is 0 Å². The average molecular weight is 455 g/mol. The Bertz CT molecular complexity index is 1270. The second-order valence-electron chi connectivity index (χ2n) is 6.56. The van der Waals surface area contributed by atoms with Crippen molar-refractivity contribution in [1.29, 1.82) is 0 Å². The maximum atomic E-state index is 12.6. The molecule has 0 spiro atoms. The molecule has 0 radical (unpaired) electrons. The Hall–Kier alpha value is -3.43. The van der Waals surface area contributed by atoms with Gasteiger partial charge >= 0.3 is 5.97 Å². The van der Waals surface area contributed by atoms with E-state index in [-0.39, 0.29) is 28.6 Å². The summed E-state index contributed by atoms with van der Waals surface area (Å²) in [5.41, 5.74) is 1.72. The van der Waals surface area contributed by atoms with Crippen LogP contribution in [0.5, 0.6) is 0 Å². The molecule has 0 amide bonds. The molecule has 0 fully saturated rings. The van der Waals surface area contributed by atoms with Gasteiger partial charge in [-0.3, -0.25) is 0 Å². The molecule has 0 bridgehead atoms. The first-order valence-electron chi connectivity index (χ1n) is 9.29. The number of rotatable bonds is 8. The van der Waals surface area contributed by atoms with Crippen LogP contribution in [0.2, 0.25) is 0 Å². The normalized spacial score (nSPS) is 11.2. The quantitative estimate of drug-likeness (QED) is 0.381. The summed E-state index contributed by atoms with van der Waals surface area (Å²) in [6, 6.07) is 19.1. The van der Waals surface area contributed by atoms with Gasteiger partial charge in [0, 0.05) is 16.6 Å². The van der Waals surface area contributed by atoms with E-state index in [1.807, 2.05) is 30.3 Å². The molecule has 0 saturated carbocycles. The summed E-state index contributed by atoms with van der Waals surface area (Å²) in [7, 11) is -3.62. The third-order valence-corrected chi connectivity index (χ3v) is 6.80. The third kappa shape index (κ3) is 5.19. The summed E-state index contributed by atoms with van der Waals surface area (Å²) in [5.74, 6) is -1.23. The van der Waals surface area contributed by atoms with Crippen molar-refractivity contribution in [2.75, 3.05) is 5.32 Å². The molecule has 31 heavy (non-hydrogen) atoms. The first-order chi connectivity index (χ1) is 15.0. The lowest BCUT2D eigenvalue weighted by atomic mass is 10.3. The highest BCUT2D eigenvalue weighted by Crippen LogP contribution is 2.23. The minimum atomic E-state index is -3.62. The van der Waals surface area contributed by atoms with E-state index < -0.39 is 15.8 Å². The molecule has 0 aliphatic heterocycles. The van der Waals surface area contributed by atoms with Gasteiger partial charge < -0.3 is 14.5 Å². The number of sulfone groups is 1. The maximum Gasteiger partial charge on any atom is 0.374 e. The van der Waals surface area contributed by atoms with Gasteiger partial charge in [0.2, 0.25) is 5.76 Å². The number of thiazole rings is 1. The molecule has 2 aromatic heterocycles. The number of anilines is 2. The fraction of sp³-hybridized carbons (Fsp3) is 0.0909. The van der Waals surface area contributed by atoms with Gasteiger partial charge in [0.05, 0.1) is 22.6 Å². The molecule has 158 valence electrons. The van der Waals surface area contributed by atoms with Gasteiger partial charge in [-0.05, 0) is 30.3 Å². The number of hydrogen-bond donors (Lipinski definition) is 1. The van der Waals surface area contributed by atoms with Gasteiger partial charge in [0.25, 0.3) is 0 Å². The van der Waals surface area contributed by atoms with Crippen LogP contribution in [0.25, 0.3) is 0 Å². The van der Waals surface area contributed by atoms with Crippen LogP contribution in [0.1, 0.15) is 21.8 Å². The van der Waals surface area contributed by atoms with Gasteiger partial charge in [0.1, 0.15) is 6.61 Å². The Morgan fingerprint density at radius 2 is 1.74 bits per heavy atom. The highest BCUT2D eigenvalue weighted by molar-refractivity contribution is 7.90. The summed E-state index contributed by atoms with van der Waals surface area (Å²) in [6.45, 7) is -0.0582. The molecule has 0 aliphatic carbocycles. The van der Waals surface area contributed by atoms with Crippen molar-refractivity contribution >= 4 is 38.0 Å². The molecule has 4 aromatic rings. The van der Waals surface area contributed by atoms with E-state index in [9.17, 15) is 13.2 Å². The van der Waals surface area contributed by atoms with E-state index in [0.29, 0.717) is 10.8 Å². The average Bonchev–Trinajstić information content (AvgIpc) is 3.42. The zero-order valence-electron chi connectivity index (χ0n) is 16.2. The van der Waals surface area contributed by atoms with Crippen LogP contribution in [0.4, 0.5) is 10.8 Å². The van der Waals surface area contributed by atoms with E-state index in [1.165, 1.54) is 35.8 Å². The van der Waals surface area contributed by atoms with E-state index >= 15 is 0 Å². The molecule has 0 unspecified atom stereocenters. The predicted molar refractivity (Wildman–Crippen MR) is 117 cm³/mol. The summed E-state index contributed by atoms with van der Waals surface area (Å²) >= 11 is 1.39. The lowest BCUT2D eigenvalue weighted by Gasteiger charge is -2.05. The number of para-hydroxylation sites is 1. The predicted octanol–water partition coefficient (Wildman–Crippen LogP) is 4.81. The number of nitrogens with one attached hydrogen (secondary N) is 1. The number of ether oxygens (including phenoxy) is 1. The number of esters is 1. The van der Waals surface area contributed by atoms with Crippen LogP contribution in [0.15, 0.2) is 87.7 Å². The number of carbonyl (C=O) groups is 1. The number of furan rings is 1. The monoisotopic (exact) mass is 454 g/mol. The van der Waals surface area contributed by atoms with Crippen molar-refractivity contribution in [3.8, 4) is 0 Å². The minimum Gasteiger partial charge on any atom is -0.457 e. The van der Waals surface area contributed by atoms with Crippen molar-refractivity contribution < 1.29 is 22.4 Å². The van der Waals surface area contributed by atoms with E-state index in [1.54, 1.807) is 23.6 Å².